The number of amides is 4. The number of carbonyl (C=O) groups excluding carboxylic acids is 3. The van der Waals surface area contributed by atoms with Crippen LogP contribution < -0.4 is 26.6 Å². The van der Waals surface area contributed by atoms with E-state index < -0.39 is 36.4 Å². The number of hydrogen-bond donors (Lipinski definition) is 7. The zero-order valence-corrected chi connectivity index (χ0v) is 33.5. The largest absolute Gasteiger partial charge is 0.387 e. The van der Waals surface area contributed by atoms with Gasteiger partial charge in [0.1, 0.15) is 12.2 Å². The molecule has 1 aliphatic rings. The van der Waals surface area contributed by atoms with Crippen molar-refractivity contribution in [3.63, 3.8) is 0 Å². The molecule has 0 spiro atoms. The molecule has 16 nitrogen and oxygen atoms in total. The van der Waals surface area contributed by atoms with E-state index in [1.165, 1.54) is 10.9 Å². The molecule has 2 aromatic carbocycles. The Morgan fingerprint density at radius 2 is 1.50 bits per heavy atom. The molecule has 1 aliphatic heterocycles. The number of aliphatic hydroxyl groups excluding tert-OH is 2. The van der Waals surface area contributed by atoms with Crippen molar-refractivity contribution >= 4 is 58.0 Å². The van der Waals surface area contributed by atoms with Gasteiger partial charge >= 0.3 is 6.03 Å². The number of ether oxygens (including phenoxy) is 1. The summed E-state index contributed by atoms with van der Waals surface area (Å²) in [4.78, 5) is 54.5. The first-order valence-electron chi connectivity index (χ1n) is 18.6. The molecular formula is C38H50Cl2N10O6. The molecule has 0 bridgehead atoms. The monoisotopic (exact) mass is 812 g/mol. The maximum Gasteiger partial charge on any atom is 0.314 e. The topological polar surface area (TPSA) is 208 Å². The standard InChI is InChI=1S/C38H50Cl2N10O6/c1-6-41-35(53)31-29(51)30(52)37(56-31)50-20-46-28-32(45-19-27(23-9-7-11-25(39)17-23)24-10-8-12-26(40)18-24)47-33(48-34(28)50)36(54)42-13-14-43-38(55)44-15-16-49(21(2)3)22(4)5/h7-12,17-18,20-22,27,29-31,37,51-52H,6,13-16,19H2,1-5H3,(H,41,53)(H,42,54)(H2,43,44,55)(H,45,47,48). The van der Waals surface area contributed by atoms with Crippen molar-refractivity contribution in [3.8, 4) is 0 Å². The van der Waals surface area contributed by atoms with Crippen LogP contribution in [-0.2, 0) is 9.53 Å². The molecule has 5 rings (SSSR count). The highest BCUT2D eigenvalue weighted by atomic mass is 35.5. The number of anilines is 1. The summed E-state index contributed by atoms with van der Waals surface area (Å²) in [5.74, 6) is -1.57. The quantitative estimate of drug-likeness (QED) is 0.0771. The number of benzene rings is 2. The van der Waals surface area contributed by atoms with E-state index in [-0.39, 0.29) is 54.4 Å². The van der Waals surface area contributed by atoms with E-state index in [0.29, 0.717) is 41.8 Å². The van der Waals surface area contributed by atoms with Crippen molar-refractivity contribution < 1.29 is 29.3 Å². The van der Waals surface area contributed by atoms with Gasteiger partial charge in [-0.1, -0.05) is 47.5 Å². The zero-order chi connectivity index (χ0) is 40.5. The molecule has 4 aromatic rings. The highest BCUT2D eigenvalue weighted by Gasteiger charge is 2.47. The molecular weight excluding hydrogens is 763 g/mol. The predicted molar refractivity (Wildman–Crippen MR) is 214 cm³/mol. The van der Waals surface area contributed by atoms with Crippen LogP contribution in [0.3, 0.4) is 0 Å². The number of carbonyl (C=O) groups is 3. The number of nitrogens with one attached hydrogen (secondary N) is 5. The van der Waals surface area contributed by atoms with Crippen LogP contribution in [0.25, 0.3) is 11.2 Å². The van der Waals surface area contributed by atoms with E-state index in [4.69, 9.17) is 27.9 Å². The Labute approximate surface area is 335 Å². The van der Waals surface area contributed by atoms with Gasteiger partial charge in [0.2, 0.25) is 5.82 Å². The number of fused-ring (bicyclic) bond motifs is 1. The first-order chi connectivity index (χ1) is 26.8. The lowest BCUT2D eigenvalue weighted by molar-refractivity contribution is -0.137. The van der Waals surface area contributed by atoms with Crippen molar-refractivity contribution in [2.45, 2.75) is 77.2 Å². The van der Waals surface area contributed by atoms with Gasteiger partial charge in [-0.15, -0.1) is 0 Å². The maximum absolute atomic E-state index is 13.6. The smallest absolute Gasteiger partial charge is 0.314 e. The lowest BCUT2D eigenvalue weighted by Crippen LogP contribution is -2.45. The number of nitrogens with zero attached hydrogens (tertiary/aromatic N) is 5. The lowest BCUT2D eigenvalue weighted by Gasteiger charge is -2.30. The Hall–Kier alpha value is -4.58. The Bertz CT molecular complexity index is 1930. The Morgan fingerprint density at radius 1 is 0.875 bits per heavy atom. The van der Waals surface area contributed by atoms with Gasteiger partial charge in [-0.3, -0.25) is 19.1 Å². The first-order valence-corrected chi connectivity index (χ1v) is 19.4. The third kappa shape index (κ3) is 10.4. The molecule has 0 aliphatic carbocycles. The van der Waals surface area contributed by atoms with E-state index in [1.54, 1.807) is 19.1 Å². The Morgan fingerprint density at radius 3 is 2.11 bits per heavy atom. The predicted octanol–water partition coefficient (Wildman–Crippen LogP) is 3.28. The summed E-state index contributed by atoms with van der Waals surface area (Å²) < 4.78 is 7.20. The van der Waals surface area contributed by atoms with E-state index in [2.05, 4.69) is 74.1 Å². The van der Waals surface area contributed by atoms with E-state index in [9.17, 15) is 24.6 Å². The summed E-state index contributed by atoms with van der Waals surface area (Å²) in [6.45, 7) is 12.0. The molecule has 7 N–H and O–H groups in total. The fraction of sp³-hybridized carbons (Fsp3) is 0.474. The van der Waals surface area contributed by atoms with Crippen LogP contribution in [-0.4, -0.2) is 122 Å². The number of likely N-dealkylation sites (N-methyl/N-ethyl adjacent to an activating group) is 1. The van der Waals surface area contributed by atoms with Gasteiger partial charge in [-0.05, 0) is 70.0 Å². The third-order valence-corrected chi connectivity index (χ3v) is 9.87. The van der Waals surface area contributed by atoms with Crippen LogP contribution in [0.1, 0.15) is 68.5 Å². The number of halogens is 2. The maximum atomic E-state index is 13.6. The van der Waals surface area contributed by atoms with Gasteiger partial charge in [0.25, 0.3) is 11.8 Å². The molecule has 0 radical (unpaired) electrons. The summed E-state index contributed by atoms with van der Waals surface area (Å²) in [5, 5.41) is 37.1. The average molecular weight is 814 g/mol. The van der Waals surface area contributed by atoms with Crippen LogP contribution in [0.4, 0.5) is 10.6 Å². The summed E-state index contributed by atoms with van der Waals surface area (Å²) in [6, 6.07) is 15.2. The molecule has 4 amide bonds. The highest BCUT2D eigenvalue weighted by molar-refractivity contribution is 6.31. The fourth-order valence-electron chi connectivity index (χ4n) is 6.69. The zero-order valence-electron chi connectivity index (χ0n) is 32.0. The van der Waals surface area contributed by atoms with Crippen molar-refractivity contribution in [2.24, 2.45) is 0 Å². The SMILES string of the molecule is CCNC(=O)C1OC(n2cnc3c(NCC(c4cccc(Cl)c4)c4cccc(Cl)c4)nc(C(=O)NCCNC(=O)NCCN(C(C)C)C(C)C)nc32)C(O)C1O. The molecule has 3 heterocycles. The van der Waals surface area contributed by atoms with Crippen LogP contribution in [0.5, 0.6) is 0 Å². The molecule has 4 unspecified atom stereocenters. The van der Waals surface area contributed by atoms with Crippen LogP contribution in [0, 0.1) is 0 Å². The van der Waals surface area contributed by atoms with E-state index in [1.807, 2.05) is 36.4 Å². The molecule has 56 heavy (non-hydrogen) atoms. The molecule has 1 fully saturated rings. The van der Waals surface area contributed by atoms with Gasteiger partial charge in [-0.25, -0.2) is 19.7 Å². The Balaban J connectivity index is 1.38. The number of aliphatic hydroxyl groups is 2. The highest BCUT2D eigenvalue weighted by Crippen LogP contribution is 2.34. The molecule has 0 saturated carbocycles. The molecule has 2 aromatic heterocycles. The summed E-state index contributed by atoms with van der Waals surface area (Å²) in [5.41, 5.74) is 2.11. The average Bonchev–Trinajstić information content (AvgIpc) is 3.71. The minimum Gasteiger partial charge on any atom is -0.387 e. The molecule has 18 heteroatoms. The number of rotatable bonds is 17. The van der Waals surface area contributed by atoms with Crippen LogP contribution in [0.2, 0.25) is 10.0 Å². The minimum absolute atomic E-state index is 0.0657. The number of hydrogen-bond acceptors (Lipinski definition) is 11. The van der Waals surface area contributed by atoms with Gasteiger partial charge in [0.15, 0.2) is 29.3 Å². The normalized spacial score (nSPS) is 18.2. The van der Waals surface area contributed by atoms with E-state index in [0.717, 1.165) is 11.1 Å². The summed E-state index contributed by atoms with van der Waals surface area (Å²) in [6.07, 6.45) is -4.38. The van der Waals surface area contributed by atoms with Gasteiger partial charge < -0.3 is 41.5 Å². The lowest BCUT2D eigenvalue weighted by atomic mass is 9.91. The van der Waals surface area contributed by atoms with Crippen molar-refractivity contribution in [1.29, 1.82) is 0 Å². The number of imidazole rings is 1. The third-order valence-electron chi connectivity index (χ3n) is 9.40. The second kappa shape index (κ2) is 19.5. The molecule has 302 valence electrons. The molecule has 1 saturated heterocycles. The van der Waals surface area contributed by atoms with Crippen LogP contribution in [0.15, 0.2) is 54.9 Å². The minimum atomic E-state index is -1.54. The van der Waals surface area contributed by atoms with Crippen molar-refractivity contribution in [3.05, 3.63) is 81.9 Å². The van der Waals surface area contributed by atoms with Crippen LogP contribution >= 0.6 is 23.2 Å². The number of urea groups is 1. The molecule has 4 atom stereocenters. The number of aromatic nitrogens is 4. The second-order valence-corrected chi connectivity index (χ2v) is 14.8. The van der Waals surface area contributed by atoms with Gasteiger partial charge in [0.05, 0.1) is 6.33 Å². The fourth-order valence-corrected chi connectivity index (χ4v) is 7.08. The second-order valence-electron chi connectivity index (χ2n) is 14.0. The van der Waals surface area contributed by atoms with Crippen molar-refractivity contribution in [1.82, 2.24) is 45.7 Å². The first kappa shape index (κ1) is 42.6. The van der Waals surface area contributed by atoms with Gasteiger partial charge in [0, 0.05) is 67.3 Å². The van der Waals surface area contributed by atoms with Gasteiger partial charge in [-0.2, -0.15) is 0 Å². The van der Waals surface area contributed by atoms with E-state index >= 15 is 0 Å². The summed E-state index contributed by atoms with van der Waals surface area (Å²) in [7, 11) is 0. The summed E-state index contributed by atoms with van der Waals surface area (Å²) >= 11 is 12.8. The Kier molecular flexibility index (Phi) is 14.8. The van der Waals surface area contributed by atoms with Crippen molar-refractivity contribution in [2.75, 3.05) is 44.6 Å².